The molecule has 1 fully saturated rings. The van der Waals surface area contributed by atoms with E-state index < -0.39 is 35.6 Å². The summed E-state index contributed by atoms with van der Waals surface area (Å²) in [6, 6.07) is 8.34. The smallest absolute Gasteiger partial charge is 0.264 e. The van der Waals surface area contributed by atoms with Crippen LogP contribution >= 0.6 is 58.0 Å². The molecule has 0 spiro atoms. The number of amides is 3. The van der Waals surface area contributed by atoms with Gasteiger partial charge in [0.25, 0.3) is 17.7 Å². The molecule has 0 radical (unpaired) electrons. The second kappa shape index (κ2) is 8.64. The third-order valence-electron chi connectivity index (χ3n) is 6.09. The second-order valence-electron chi connectivity index (χ2n) is 8.07. The van der Waals surface area contributed by atoms with Crippen molar-refractivity contribution in [2.45, 2.75) is 19.0 Å². The zero-order chi connectivity index (χ0) is 25.3. The van der Waals surface area contributed by atoms with Gasteiger partial charge in [-0.3, -0.25) is 19.3 Å². The van der Waals surface area contributed by atoms with Crippen LogP contribution in [0.1, 0.15) is 37.9 Å². The average Bonchev–Trinajstić information content (AvgIpc) is 3.06. The molecule has 178 valence electrons. The number of halogens is 6. The van der Waals surface area contributed by atoms with E-state index in [9.17, 15) is 18.8 Å². The van der Waals surface area contributed by atoms with Gasteiger partial charge in [0.15, 0.2) is 0 Å². The Morgan fingerprint density at radius 3 is 1.89 bits per heavy atom. The molecule has 3 aromatic rings. The summed E-state index contributed by atoms with van der Waals surface area (Å²) in [5.74, 6) is -2.78. The lowest BCUT2D eigenvalue weighted by Crippen LogP contribution is -2.67. The molecule has 0 bridgehead atoms. The zero-order valence-corrected chi connectivity index (χ0v) is 21.4. The van der Waals surface area contributed by atoms with Crippen molar-refractivity contribution in [3.05, 3.63) is 95.6 Å². The number of rotatable bonds is 3. The third kappa shape index (κ3) is 3.54. The first-order valence-corrected chi connectivity index (χ1v) is 12.0. The third-order valence-corrected chi connectivity index (χ3v) is 8.12. The van der Waals surface area contributed by atoms with Gasteiger partial charge in [0.05, 0.1) is 37.3 Å². The van der Waals surface area contributed by atoms with Gasteiger partial charge in [0.2, 0.25) is 0 Å². The predicted molar refractivity (Wildman–Crippen MR) is 134 cm³/mol. The highest BCUT2D eigenvalue weighted by molar-refractivity contribution is 6.55. The number of hydrogen-bond acceptors (Lipinski definition) is 3. The minimum atomic E-state index is -1.29. The summed E-state index contributed by atoms with van der Waals surface area (Å²) in [7, 11) is 0. The molecule has 11 heteroatoms. The molecule has 3 amide bonds. The van der Waals surface area contributed by atoms with Gasteiger partial charge in [0.1, 0.15) is 11.9 Å². The molecular formula is C24H12Cl5FN2O3. The van der Waals surface area contributed by atoms with Gasteiger partial charge in [-0.2, -0.15) is 0 Å². The number of fused-ring (bicyclic) bond motifs is 1. The maximum atomic E-state index is 14.2. The van der Waals surface area contributed by atoms with Crippen molar-refractivity contribution in [2.75, 3.05) is 4.90 Å². The Labute approximate surface area is 223 Å². The van der Waals surface area contributed by atoms with Crippen LogP contribution in [-0.4, -0.2) is 28.7 Å². The molecule has 5 nitrogen and oxygen atoms in total. The van der Waals surface area contributed by atoms with E-state index in [4.69, 9.17) is 58.0 Å². The lowest BCUT2D eigenvalue weighted by Gasteiger charge is -2.50. The van der Waals surface area contributed by atoms with Crippen LogP contribution in [0.2, 0.25) is 25.1 Å². The molecule has 0 unspecified atom stereocenters. The molecule has 35 heavy (non-hydrogen) atoms. The molecule has 0 aromatic heterocycles. The van der Waals surface area contributed by atoms with Gasteiger partial charge in [-0.05, 0) is 48.4 Å². The van der Waals surface area contributed by atoms with Gasteiger partial charge in [-0.25, -0.2) is 4.39 Å². The summed E-state index contributed by atoms with van der Waals surface area (Å²) in [5.41, 5.74) is 1.10. The summed E-state index contributed by atoms with van der Waals surface area (Å²) >= 11 is 30.8. The number of carbonyl (C=O) groups is 3. The van der Waals surface area contributed by atoms with Crippen molar-refractivity contribution in [2.24, 2.45) is 0 Å². The highest BCUT2D eigenvalue weighted by Gasteiger charge is 2.58. The highest BCUT2D eigenvalue weighted by atomic mass is 35.5. The number of β-lactam (4-membered cyclic amide) rings is 1. The standard InChI is InChI=1S/C24H12Cl5FN2O3/c1-9-7-11(25)5-6-13(9)31-20(10-3-2-4-12(30)8-10)21(24(31)35)32-22(33)14-15(23(32)34)17(27)19(29)18(28)16(14)26/h2-8,20-21H,1H3/t20-,21+/m1/s1. The fourth-order valence-corrected chi connectivity index (χ4v) is 5.77. The van der Waals surface area contributed by atoms with Crippen molar-refractivity contribution in [1.82, 2.24) is 4.90 Å². The molecule has 1 saturated heterocycles. The van der Waals surface area contributed by atoms with Gasteiger partial charge in [-0.15, -0.1) is 0 Å². The Morgan fingerprint density at radius 1 is 0.743 bits per heavy atom. The van der Waals surface area contributed by atoms with Crippen LogP contribution in [-0.2, 0) is 4.79 Å². The van der Waals surface area contributed by atoms with Crippen molar-refractivity contribution < 1.29 is 18.8 Å². The van der Waals surface area contributed by atoms with E-state index in [1.54, 1.807) is 31.2 Å². The molecule has 5 rings (SSSR count). The maximum Gasteiger partial charge on any atom is 0.264 e. The maximum absolute atomic E-state index is 14.2. The molecule has 2 aliphatic heterocycles. The van der Waals surface area contributed by atoms with Crippen LogP contribution in [0.25, 0.3) is 0 Å². The molecule has 2 aliphatic rings. The molecule has 2 heterocycles. The summed E-state index contributed by atoms with van der Waals surface area (Å²) in [6.07, 6.45) is 0. The number of aryl methyl sites for hydroxylation is 1. The average molecular weight is 573 g/mol. The molecule has 2 atom stereocenters. The van der Waals surface area contributed by atoms with Gasteiger partial charge >= 0.3 is 0 Å². The number of hydrogen-bond donors (Lipinski definition) is 0. The Bertz CT molecular complexity index is 1430. The normalized spacial score (nSPS) is 19.3. The number of nitrogens with zero attached hydrogens (tertiary/aromatic N) is 2. The van der Waals surface area contributed by atoms with Crippen molar-refractivity contribution in [1.29, 1.82) is 0 Å². The molecule has 0 aliphatic carbocycles. The van der Waals surface area contributed by atoms with Gasteiger partial charge < -0.3 is 4.90 Å². The molecule has 3 aromatic carbocycles. The quantitative estimate of drug-likeness (QED) is 0.145. The Morgan fingerprint density at radius 2 is 1.34 bits per heavy atom. The summed E-state index contributed by atoms with van der Waals surface area (Å²) < 4.78 is 14.2. The molecule has 0 saturated carbocycles. The van der Waals surface area contributed by atoms with Crippen molar-refractivity contribution in [3.8, 4) is 0 Å². The Hall–Kier alpha value is -2.35. The van der Waals surface area contributed by atoms with Crippen molar-refractivity contribution >= 4 is 81.4 Å². The van der Waals surface area contributed by atoms with E-state index in [0.717, 1.165) is 4.90 Å². The Kier molecular flexibility index (Phi) is 6.01. The first-order chi connectivity index (χ1) is 16.5. The summed E-state index contributed by atoms with van der Waals surface area (Å²) in [6.45, 7) is 1.76. The van der Waals surface area contributed by atoms with E-state index in [1.165, 1.54) is 23.1 Å². The number of benzene rings is 3. The van der Waals surface area contributed by atoms with E-state index in [1.807, 2.05) is 0 Å². The van der Waals surface area contributed by atoms with Gasteiger partial charge in [-0.1, -0.05) is 70.1 Å². The van der Waals surface area contributed by atoms with Crippen LogP contribution in [0.5, 0.6) is 0 Å². The minimum absolute atomic E-state index is 0.180. The fourth-order valence-electron chi connectivity index (χ4n) is 4.52. The van der Waals surface area contributed by atoms with E-state index in [2.05, 4.69) is 0 Å². The molecule has 0 N–H and O–H groups in total. The van der Waals surface area contributed by atoms with E-state index in [-0.39, 0.29) is 31.2 Å². The SMILES string of the molecule is Cc1cc(Cl)ccc1N1C(=O)[C@@H](N2C(=O)c3c(Cl)c(Cl)c(Cl)c(Cl)c3C2=O)[C@H]1c1cccc(F)c1. The predicted octanol–water partition coefficient (Wildman–Crippen LogP) is 7.15. The van der Waals surface area contributed by atoms with Crippen LogP contribution in [0.3, 0.4) is 0 Å². The number of carbonyl (C=O) groups excluding carboxylic acids is 3. The first-order valence-electron chi connectivity index (χ1n) is 10.1. The zero-order valence-electron chi connectivity index (χ0n) is 17.6. The van der Waals surface area contributed by atoms with E-state index >= 15 is 0 Å². The second-order valence-corrected chi connectivity index (χ2v) is 10.0. The molecular weight excluding hydrogens is 561 g/mol. The fraction of sp³-hybridized carbons (Fsp3) is 0.125. The minimum Gasteiger partial charge on any atom is -0.300 e. The summed E-state index contributed by atoms with van der Waals surface area (Å²) in [5, 5.41) is -0.371. The van der Waals surface area contributed by atoms with Crippen LogP contribution in [0, 0.1) is 12.7 Å². The lowest BCUT2D eigenvalue weighted by atomic mass is 9.85. The monoisotopic (exact) mass is 570 g/mol. The lowest BCUT2D eigenvalue weighted by molar-refractivity contribution is -0.130. The Balaban J connectivity index is 1.65. The van der Waals surface area contributed by atoms with Crippen LogP contribution in [0.15, 0.2) is 42.5 Å². The topological polar surface area (TPSA) is 57.7 Å². The van der Waals surface area contributed by atoms with E-state index in [0.29, 0.717) is 21.8 Å². The van der Waals surface area contributed by atoms with Gasteiger partial charge in [0, 0.05) is 10.7 Å². The first kappa shape index (κ1) is 24.3. The van der Waals surface area contributed by atoms with Crippen LogP contribution in [0.4, 0.5) is 10.1 Å². The number of imide groups is 1. The summed E-state index contributed by atoms with van der Waals surface area (Å²) in [4.78, 5) is 42.6. The highest BCUT2D eigenvalue weighted by Crippen LogP contribution is 2.49. The van der Waals surface area contributed by atoms with Crippen molar-refractivity contribution in [3.63, 3.8) is 0 Å². The largest absolute Gasteiger partial charge is 0.300 e. The number of anilines is 1. The van der Waals surface area contributed by atoms with Crippen LogP contribution < -0.4 is 4.90 Å².